The normalized spacial score (nSPS) is 11.7. The highest BCUT2D eigenvalue weighted by molar-refractivity contribution is 9.09. The summed E-state index contributed by atoms with van der Waals surface area (Å²) in [6.07, 6.45) is 7.40. The van der Waals surface area contributed by atoms with Crippen LogP contribution < -0.4 is 0 Å². The molecule has 2 nitrogen and oxygen atoms in total. The van der Waals surface area contributed by atoms with E-state index < -0.39 is 0 Å². The topological polar surface area (TPSA) is 18.5 Å². The van der Waals surface area contributed by atoms with Crippen molar-refractivity contribution in [2.45, 2.75) is 39.4 Å². The monoisotopic (exact) mass is 264 g/mol. The number of hydrogen-bond donors (Lipinski definition) is 0. The molecule has 0 aromatic heterocycles. The largest absolute Gasteiger partial charge is 0.353 e. The van der Waals surface area contributed by atoms with Gasteiger partial charge in [-0.1, -0.05) is 28.1 Å². The van der Waals surface area contributed by atoms with Gasteiger partial charge in [-0.3, -0.25) is 0 Å². The molecule has 0 aliphatic heterocycles. The van der Waals surface area contributed by atoms with E-state index in [2.05, 4.69) is 28.1 Å². The van der Waals surface area contributed by atoms with E-state index >= 15 is 0 Å². The van der Waals surface area contributed by atoms with Crippen LogP contribution in [0.3, 0.4) is 0 Å². The second kappa shape index (κ2) is 11.2. The average molecular weight is 265 g/mol. The second-order valence-corrected chi connectivity index (χ2v) is 3.66. The van der Waals surface area contributed by atoms with E-state index in [9.17, 15) is 0 Å². The Bertz CT molecular complexity index is 131. The Morgan fingerprint density at radius 2 is 1.64 bits per heavy atom. The fourth-order valence-electron chi connectivity index (χ4n) is 1.12. The molecule has 0 radical (unpaired) electrons. The Morgan fingerprint density at radius 3 is 2.14 bits per heavy atom. The Kier molecular flexibility index (Phi) is 11.3. The number of hydrogen-bond acceptors (Lipinski definition) is 2. The number of rotatable bonds is 9. The lowest BCUT2D eigenvalue weighted by Crippen LogP contribution is -2.16. The van der Waals surface area contributed by atoms with Gasteiger partial charge in [0, 0.05) is 25.0 Å². The zero-order chi connectivity index (χ0) is 10.6. The molecule has 0 N–H and O–H groups in total. The van der Waals surface area contributed by atoms with Crippen LogP contribution in [-0.4, -0.2) is 24.8 Å². The van der Waals surface area contributed by atoms with Gasteiger partial charge in [0.25, 0.3) is 0 Å². The highest BCUT2D eigenvalue weighted by atomic mass is 79.9. The van der Waals surface area contributed by atoms with E-state index in [0.29, 0.717) is 0 Å². The lowest BCUT2D eigenvalue weighted by atomic mass is 10.2. The molecule has 0 aliphatic rings. The van der Waals surface area contributed by atoms with E-state index in [1.807, 2.05) is 13.8 Å². The minimum Gasteiger partial charge on any atom is -0.353 e. The highest BCUT2D eigenvalue weighted by Crippen LogP contribution is 2.05. The maximum atomic E-state index is 5.42. The molecule has 0 atom stereocenters. The van der Waals surface area contributed by atoms with Gasteiger partial charge < -0.3 is 9.47 Å². The molecular weight excluding hydrogens is 244 g/mol. The third-order valence-corrected chi connectivity index (χ3v) is 2.17. The van der Waals surface area contributed by atoms with Gasteiger partial charge in [0.2, 0.25) is 0 Å². The predicted octanol–water partition coefficient (Wildman–Crippen LogP) is 3.51. The summed E-state index contributed by atoms with van der Waals surface area (Å²) in [4.78, 5) is 0. The van der Waals surface area contributed by atoms with Gasteiger partial charge in [-0.05, 0) is 26.7 Å². The molecular formula is C11H21BrO2. The predicted molar refractivity (Wildman–Crippen MR) is 63.8 cm³/mol. The Labute approximate surface area is 95.8 Å². The molecule has 0 aromatic carbocycles. The molecule has 0 spiro atoms. The molecule has 0 amide bonds. The first-order valence-corrected chi connectivity index (χ1v) is 6.41. The van der Waals surface area contributed by atoms with E-state index in [4.69, 9.17) is 9.47 Å². The van der Waals surface area contributed by atoms with E-state index in [-0.39, 0.29) is 6.29 Å². The van der Waals surface area contributed by atoms with Crippen LogP contribution in [0, 0.1) is 0 Å². The first kappa shape index (κ1) is 14.1. The third-order valence-electron chi connectivity index (χ3n) is 1.72. The summed E-state index contributed by atoms with van der Waals surface area (Å²) >= 11 is 3.38. The molecule has 0 fully saturated rings. The van der Waals surface area contributed by atoms with Crippen molar-refractivity contribution in [1.82, 2.24) is 0 Å². The standard InChI is InChI=1S/C11H21BrO2/c1-3-13-11(14-4-2)9-7-5-6-8-10-12/h5-6,11H,3-4,7-10H2,1-2H3/b6-5+. The van der Waals surface area contributed by atoms with Crippen molar-refractivity contribution >= 4 is 15.9 Å². The van der Waals surface area contributed by atoms with Crippen molar-refractivity contribution in [2.24, 2.45) is 0 Å². The molecule has 0 aliphatic carbocycles. The lowest BCUT2D eigenvalue weighted by molar-refractivity contribution is -0.138. The van der Waals surface area contributed by atoms with Gasteiger partial charge in [-0.15, -0.1) is 0 Å². The van der Waals surface area contributed by atoms with Crippen molar-refractivity contribution < 1.29 is 9.47 Å². The first-order valence-electron chi connectivity index (χ1n) is 5.29. The van der Waals surface area contributed by atoms with Crippen LogP contribution in [0.1, 0.15) is 33.1 Å². The molecule has 84 valence electrons. The fraction of sp³-hybridized carbons (Fsp3) is 0.818. The van der Waals surface area contributed by atoms with Crippen LogP contribution in [0.15, 0.2) is 12.2 Å². The number of alkyl halides is 1. The lowest BCUT2D eigenvalue weighted by Gasteiger charge is -2.15. The summed E-state index contributed by atoms with van der Waals surface area (Å²) in [5.74, 6) is 0. The second-order valence-electron chi connectivity index (χ2n) is 2.87. The van der Waals surface area contributed by atoms with Crippen molar-refractivity contribution in [3.8, 4) is 0 Å². The molecule has 0 saturated heterocycles. The average Bonchev–Trinajstić information content (AvgIpc) is 2.18. The van der Waals surface area contributed by atoms with Gasteiger partial charge in [0.05, 0.1) is 0 Å². The zero-order valence-corrected chi connectivity index (χ0v) is 10.8. The van der Waals surface area contributed by atoms with Gasteiger partial charge in [0.15, 0.2) is 6.29 Å². The summed E-state index contributed by atoms with van der Waals surface area (Å²) in [6, 6.07) is 0. The summed E-state index contributed by atoms with van der Waals surface area (Å²) in [5.41, 5.74) is 0. The SMILES string of the molecule is CCOC(CC/C=C/CCBr)OCC. The fourth-order valence-corrected chi connectivity index (χ4v) is 1.38. The van der Waals surface area contributed by atoms with Crippen molar-refractivity contribution in [1.29, 1.82) is 0 Å². The summed E-state index contributed by atoms with van der Waals surface area (Å²) in [6.45, 7) is 5.42. The van der Waals surface area contributed by atoms with Crippen molar-refractivity contribution in [3.63, 3.8) is 0 Å². The first-order chi connectivity index (χ1) is 6.85. The quantitative estimate of drug-likeness (QED) is 0.361. The molecule has 0 bridgehead atoms. The van der Waals surface area contributed by atoms with Gasteiger partial charge in [0.1, 0.15) is 0 Å². The smallest absolute Gasteiger partial charge is 0.157 e. The number of halogens is 1. The summed E-state index contributed by atoms with van der Waals surface area (Å²) < 4.78 is 10.8. The number of allylic oxidation sites excluding steroid dienone is 2. The number of ether oxygens (including phenoxy) is 2. The van der Waals surface area contributed by atoms with Crippen LogP contribution in [0.5, 0.6) is 0 Å². The maximum absolute atomic E-state index is 5.42. The minimum absolute atomic E-state index is 0.0291. The Hall–Kier alpha value is 0.140. The van der Waals surface area contributed by atoms with Gasteiger partial charge >= 0.3 is 0 Å². The molecule has 0 unspecified atom stereocenters. The van der Waals surface area contributed by atoms with Crippen LogP contribution in [-0.2, 0) is 9.47 Å². The summed E-state index contributed by atoms with van der Waals surface area (Å²) in [5, 5.41) is 1.03. The molecule has 3 heteroatoms. The third kappa shape index (κ3) is 8.73. The minimum atomic E-state index is -0.0291. The van der Waals surface area contributed by atoms with Crippen LogP contribution in [0.4, 0.5) is 0 Å². The van der Waals surface area contributed by atoms with Gasteiger partial charge in [-0.2, -0.15) is 0 Å². The summed E-state index contributed by atoms with van der Waals surface area (Å²) in [7, 11) is 0. The molecule has 14 heavy (non-hydrogen) atoms. The van der Waals surface area contributed by atoms with Crippen LogP contribution in [0.25, 0.3) is 0 Å². The zero-order valence-electron chi connectivity index (χ0n) is 9.17. The highest BCUT2D eigenvalue weighted by Gasteiger charge is 2.05. The molecule has 0 heterocycles. The molecule has 0 saturated carbocycles. The Morgan fingerprint density at radius 1 is 1.07 bits per heavy atom. The van der Waals surface area contributed by atoms with Crippen LogP contribution in [0.2, 0.25) is 0 Å². The van der Waals surface area contributed by atoms with Crippen molar-refractivity contribution in [3.05, 3.63) is 12.2 Å². The van der Waals surface area contributed by atoms with Gasteiger partial charge in [-0.25, -0.2) is 0 Å². The van der Waals surface area contributed by atoms with Crippen molar-refractivity contribution in [2.75, 3.05) is 18.5 Å². The van der Waals surface area contributed by atoms with E-state index in [0.717, 1.165) is 37.8 Å². The Balaban J connectivity index is 3.48. The van der Waals surface area contributed by atoms with E-state index in [1.54, 1.807) is 0 Å². The molecule has 0 rings (SSSR count). The maximum Gasteiger partial charge on any atom is 0.157 e. The molecule has 0 aromatic rings. The van der Waals surface area contributed by atoms with E-state index in [1.165, 1.54) is 0 Å². The van der Waals surface area contributed by atoms with Crippen LogP contribution >= 0.6 is 15.9 Å².